The van der Waals surface area contributed by atoms with Gasteiger partial charge in [-0.05, 0) is 17.7 Å². The zero-order valence-corrected chi connectivity index (χ0v) is 14.9. The fourth-order valence-corrected chi connectivity index (χ4v) is 7.93. The lowest BCUT2D eigenvalue weighted by Crippen LogP contribution is -2.45. The van der Waals surface area contributed by atoms with Crippen LogP contribution >= 0.6 is 16.3 Å². The monoisotopic (exact) mass is 336 g/mol. The molecular weight excluding hydrogens is 318 g/mol. The molecule has 18 heavy (non-hydrogen) atoms. The minimum absolute atomic E-state index is 1.31. The van der Waals surface area contributed by atoms with Crippen molar-refractivity contribution in [3.8, 4) is 0 Å². The number of hydrogen-bond acceptors (Lipinski definition) is 8. The van der Waals surface area contributed by atoms with Gasteiger partial charge in [0.2, 0.25) is 0 Å². The summed E-state index contributed by atoms with van der Waals surface area (Å²) in [7, 11) is -6.71. The minimum atomic E-state index is -3.44. The fraction of sp³-hybridized carbons (Fsp3) is 1.00. The van der Waals surface area contributed by atoms with Gasteiger partial charge in [0.1, 0.15) is 0 Å². The van der Waals surface area contributed by atoms with Crippen molar-refractivity contribution in [2.75, 3.05) is 28.0 Å². The Hall–Kier alpha value is 0.394. The van der Waals surface area contributed by atoms with Gasteiger partial charge >= 0.3 is 33.9 Å². The highest BCUT2D eigenvalue weighted by Crippen LogP contribution is 2.37. The van der Waals surface area contributed by atoms with E-state index in [9.17, 15) is 9.13 Å². The first-order chi connectivity index (χ1) is 8.20. The van der Waals surface area contributed by atoms with Gasteiger partial charge in [0, 0.05) is 25.9 Å². The molecule has 0 rings (SSSR count). The Balaban J connectivity index is 4.54. The molecule has 0 bridgehead atoms. The maximum absolute atomic E-state index is 11.7. The second kappa shape index (κ2) is 7.86. The lowest BCUT2D eigenvalue weighted by atomic mass is 11.8. The molecule has 2 unspecified atom stereocenters. The predicted molar refractivity (Wildman–Crippen MR) is 68.7 cm³/mol. The van der Waals surface area contributed by atoms with E-state index >= 15 is 0 Å². The molecule has 0 amide bonds. The van der Waals surface area contributed by atoms with E-state index in [0.29, 0.717) is 0 Å². The Bertz CT molecular complexity index is 300. The Kier molecular flexibility index (Phi) is 8.03. The summed E-state index contributed by atoms with van der Waals surface area (Å²) < 4.78 is 52.7. The van der Waals surface area contributed by atoms with Crippen molar-refractivity contribution in [3.63, 3.8) is 0 Å². The van der Waals surface area contributed by atoms with Crippen LogP contribution in [0.4, 0.5) is 0 Å². The molecule has 2 atom stereocenters. The van der Waals surface area contributed by atoms with E-state index in [1.165, 1.54) is 28.0 Å². The zero-order chi connectivity index (χ0) is 14.4. The highest BCUT2D eigenvalue weighted by molar-refractivity contribution is 7.41. The third-order valence-electron chi connectivity index (χ3n) is 1.58. The quantitative estimate of drug-likeness (QED) is 0.467. The largest absolute Gasteiger partial charge is 0.727 e. The molecule has 0 aromatic carbocycles. The van der Waals surface area contributed by atoms with E-state index in [0.717, 1.165) is 0 Å². The van der Waals surface area contributed by atoms with Crippen molar-refractivity contribution in [1.29, 1.82) is 0 Å². The summed E-state index contributed by atoms with van der Waals surface area (Å²) in [6.07, 6.45) is 0. The molecule has 0 aromatic rings. The molecule has 0 radical (unpaired) electrons. The van der Waals surface area contributed by atoms with Crippen LogP contribution in [-0.4, -0.2) is 45.6 Å². The fourth-order valence-electron chi connectivity index (χ4n) is 0.977. The summed E-state index contributed by atoms with van der Waals surface area (Å²) in [5.74, 6) is 0. The molecule has 0 aromatic heterocycles. The van der Waals surface area contributed by atoms with Crippen molar-refractivity contribution in [2.45, 2.75) is 13.1 Å². The second-order valence-electron chi connectivity index (χ2n) is 3.45. The van der Waals surface area contributed by atoms with Gasteiger partial charge in [0.15, 0.2) is 6.66 Å². The van der Waals surface area contributed by atoms with Crippen molar-refractivity contribution in [1.82, 2.24) is 0 Å². The molecule has 0 saturated carbocycles. The van der Waals surface area contributed by atoms with Gasteiger partial charge in [-0.3, -0.25) is 0 Å². The molecule has 106 valence electrons. The lowest BCUT2D eigenvalue weighted by molar-refractivity contribution is 0.0502. The van der Waals surface area contributed by atoms with Crippen LogP contribution in [0.3, 0.4) is 0 Å². The summed E-state index contributed by atoms with van der Waals surface area (Å²) in [4.78, 5) is 0. The first kappa shape index (κ1) is 18.4. The van der Waals surface area contributed by atoms with Crippen LogP contribution in [0.25, 0.3) is 0 Å². The molecule has 0 aliphatic heterocycles. The second-order valence-corrected chi connectivity index (χ2v) is 12.0. The molecule has 0 spiro atoms. The van der Waals surface area contributed by atoms with Crippen LogP contribution < -0.4 is 0 Å². The van der Waals surface area contributed by atoms with E-state index < -0.39 is 33.9 Å². The van der Waals surface area contributed by atoms with Gasteiger partial charge in [-0.15, -0.1) is 4.21 Å². The molecule has 12 heteroatoms. The van der Waals surface area contributed by atoms with E-state index in [2.05, 4.69) is 0 Å². The number of rotatable bonds is 9. The molecule has 0 N–H and O–H groups in total. The van der Waals surface area contributed by atoms with Gasteiger partial charge in [-0.25, -0.2) is 0 Å². The van der Waals surface area contributed by atoms with Gasteiger partial charge < -0.3 is 13.3 Å². The van der Waals surface area contributed by atoms with E-state index in [1.54, 1.807) is 13.1 Å². The standard InChI is InChI=1S/C6H18O8P2Si2/c1-9-18(10-2,11-3)14-16(8)13-17(5,6)12-15(4)7/h1-6H3/q+2. The van der Waals surface area contributed by atoms with Crippen LogP contribution in [0.1, 0.15) is 0 Å². The smallest absolute Gasteiger partial charge is 0.353 e. The van der Waals surface area contributed by atoms with Crippen LogP contribution in [-0.2, 0) is 35.0 Å². The summed E-state index contributed by atoms with van der Waals surface area (Å²) in [6.45, 7) is 4.58. The molecule has 0 aliphatic carbocycles. The van der Waals surface area contributed by atoms with Crippen molar-refractivity contribution in [2.24, 2.45) is 0 Å². The van der Waals surface area contributed by atoms with Gasteiger partial charge in [0.05, 0.1) is 0 Å². The predicted octanol–water partition coefficient (Wildman–Crippen LogP) is 2.14. The van der Waals surface area contributed by atoms with Crippen LogP contribution in [0.5, 0.6) is 0 Å². The van der Waals surface area contributed by atoms with Gasteiger partial charge in [-0.2, -0.15) is 4.21 Å². The average Bonchev–Trinajstić information content (AvgIpc) is 2.23. The van der Waals surface area contributed by atoms with E-state index in [1.807, 2.05) is 0 Å². The summed E-state index contributed by atoms with van der Waals surface area (Å²) in [5.41, 5.74) is 0. The summed E-state index contributed by atoms with van der Waals surface area (Å²) >= 11 is 0. The van der Waals surface area contributed by atoms with Crippen molar-refractivity contribution >= 4 is 33.9 Å². The van der Waals surface area contributed by atoms with Crippen LogP contribution in [0.2, 0.25) is 13.1 Å². The molecule has 0 fully saturated rings. The Morgan fingerprint density at radius 1 is 0.833 bits per heavy atom. The average molecular weight is 336 g/mol. The number of hydrogen-bond donors (Lipinski definition) is 0. The molecule has 0 saturated heterocycles. The zero-order valence-electron chi connectivity index (χ0n) is 11.2. The van der Waals surface area contributed by atoms with Crippen molar-refractivity contribution < 1.29 is 35.0 Å². The minimum Gasteiger partial charge on any atom is -0.353 e. The van der Waals surface area contributed by atoms with Crippen LogP contribution in [0, 0.1) is 0 Å². The maximum atomic E-state index is 11.7. The highest BCUT2D eigenvalue weighted by Gasteiger charge is 2.56. The topological polar surface area (TPSA) is 89.5 Å². The van der Waals surface area contributed by atoms with E-state index in [4.69, 9.17) is 25.9 Å². The first-order valence-electron chi connectivity index (χ1n) is 4.81. The van der Waals surface area contributed by atoms with Gasteiger partial charge in [-0.1, -0.05) is 4.21 Å². The Labute approximate surface area is 110 Å². The summed E-state index contributed by atoms with van der Waals surface area (Å²) in [6, 6.07) is 0. The molecule has 0 aliphatic rings. The molecular formula is C6H18O8P2Si2+2. The first-order valence-corrected chi connectivity index (χ1v) is 12.0. The maximum Gasteiger partial charge on any atom is 0.727 e. The van der Waals surface area contributed by atoms with Crippen molar-refractivity contribution in [3.05, 3.63) is 0 Å². The van der Waals surface area contributed by atoms with E-state index in [-0.39, 0.29) is 0 Å². The summed E-state index contributed by atoms with van der Waals surface area (Å²) in [5, 5.41) is 0. The lowest BCUT2D eigenvalue weighted by Gasteiger charge is -2.16. The molecule has 8 nitrogen and oxygen atoms in total. The highest BCUT2D eigenvalue weighted by atomic mass is 31.1. The Morgan fingerprint density at radius 3 is 1.61 bits per heavy atom. The molecule has 0 heterocycles. The Morgan fingerprint density at radius 2 is 1.28 bits per heavy atom. The normalized spacial score (nSPS) is 14.6. The third kappa shape index (κ3) is 6.53. The third-order valence-corrected chi connectivity index (χ3v) is 9.71. The van der Waals surface area contributed by atoms with Gasteiger partial charge in [0.25, 0.3) is 0 Å². The van der Waals surface area contributed by atoms with Crippen LogP contribution in [0.15, 0.2) is 0 Å². The SMILES string of the molecule is CO[Si](OC)(OC)O[P+](=O)O[Si](C)(C)O[P+](C)=O.